The van der Waals surface area contributed by atoms with Crippen molar-refractivity contribution in [3.8, 4) is 22.9 Å². The third-order valence-corrected chi connectivity index (χ3v) is 6.20. The van der Waals surface area contributed by atoms with E-state index in [2.05, 4.69) is 9.97 Å². The molecule has 0 radical (unpaired) electrons. The molecule has 1 aromatic carbocycles. The van der Waals surface area contributed by atoms with Gasteiger partial charge in [-0.15, -0.1) is 0 Å². The molecule has 2 heterocycles. The Morgan fingerprint density at radius 2 is 1.76 bits per heavy atom. The second-order valence-corrected chi connectivity index (χ2v) is 10.4. The zero-order valence-corrected chi connectivity index (χ0v) is 21.7. The average molecular weight is 556 g/mol. The van der Waals surface area contributed by atoms with Crippen LogP contribution in [0, 0.1) is 18.7 Å². The number of hydrogen-bond acceptors (Lipinski definition) is 7. The number of nitrogens with one attached hydrogen (secondary N) is 1. The van der Waals surface area contributed by atoms with Crippen molar-refractivity contribution < 1.29 is 40.2 Å². The zero-order chi connectivity index (χ0) is 28.3. The van der Waals surface area contributed by atoms with Gasteiger partial charge in [-0.3, -0.25) is 4.79 Å². The summed E-state index contributed by atoms with van der Waals surface area (Å²) in [6, 6.07) is 10.0. The number of sulfonamides is 1. The Kier molecular flexibility index (Phi) is 8.60. The molecular weight excluding hydrogens is 530 g/mol. The van der Waals surface area contributed by atoms with E-state index in [-0.39, 0.29) is 29.5 Å². The summed E-state index contributed by atoms with van der Waals surface area (Å²) >= 11 is 0. The maximum atomic E-state index is 14.3. The first-order chi connectivity index (χ1) is 17.7. The lowest BCUT2D eigenvalue weighted by Gasteiger charge is -2.19. The fourth-order valence-corrected chi connectivity index (χ4v) is 4.03. The smallest absolute Gasteiger partial charge is 0.425 e. The number of rotatable bonds is 9. The number of carbonyl (C=O) groups is 1. The molecule has 0 spiro atoms. The Balaban J connectivity index is 2.02. The lowest BCUT2D eigenvalue weighted by Crippen LogP contribution is -2.34. The van der Waals surface area contributed by atoms with Crippen molar-refractivity contribution in [3.05, 3.63) is 65.6 Å². The monoisotopic (exact) mass is 555 g/mol. The van der Waals surface area contributed by atoms with Crippen LogP contribution in [0.5, 0.6) is 11.6 Å². The van der Waals surface area contributed by atoms with E-state index in [0.717, 1.165) is 24.3 Å². The molecule has 3 rings (SSSR count). The molecule has 38 heavy (non-hydrogen) atoms. The second-order valence-electron chi connectivity index (χ2n) is 8.78. The number of pyridine rings is 2. The van der Waals surface area contributed by atoms with Gasteiger partial charge in [0.2, 0.25) is 5.88 Å². The first-order valence-electron chi connectivity index (χ1n) is 11.3. The molecule has 8 nitrogen and oxygen atoms in total. The van der Waals surface area contributed by atoms with Crippen LogP contribution in [0.2, 0.25) is 0 Å². The Bertz CT molecular complexity index is 1430. The summed E-state index contributed by atoms with van der Waals surface area (Å²) in [5, 5.41) is -0.463. The molecule has 0 aliphatic heterocycles. The number of aromatic nitrogens is 2. The van der Waals surface area contributed by atoms with Crippen LogP contribution in [-0.2, 0) is 10.0 Å². The van der Waals surface area contributed by atoms with E-state index in [4.69, 9.17) is 9.47 Å². The van der Waals surface area contributed by atoms with Crippen LogP contribution < -0.4 is 14.2 Å². The predicted octanol–water partition coefficient (Wildman–Crippen LogP) is 5.07. The molecular formula is C25H25F4N3O5S. The predicted molar refractivity (Wildman–Crippen MR) is 130 cm³/mol. The Morgan fingerprint density at radius 3 is 2.39 bits per heavy atom. The van der Waals surface area contributed by atoms with Crippen LogP contribution in [0.3, 0.4) is 0 Å². The van der Waals surface area contributed by atoms with E-state index in [0.29, 0.717) is 12.6 Å². The van der Waals surface area contributed by atoms with Crippen molar-refractivity contribution in [2.24, 2.45) is 5.92 Å². The van der Waals surface area contributed by atoms with Crippen LogP contribution in [0.4, 0.5) is 17.6 Å². The SMILES string of the molecule is Cc1cccc(S(=O)(=O)NC(=O)c2ccc(-c3cc(F)cc(OCC(C)C)c3)nc2OC(C)C(F)(F)F)n1. The second kappa shape index (κ2) is 11.3. The van der Waals surface area contributed by atoms with Gasteiger partial charge >= 0.3 is 6.18 Å². The molecule has 1 amide bonds. The van der Waals surface area contributed by atoms with E-state index < -0.39 is 50.5 Å². The fraction of sp³-hybridized carbons (Fsp3) is 0.320. The van der Waals surface area contributed by atoms with E-state index in [1.165, 1.54) is 18.2 Å². The first-order valence-corrected chi connectivity index (χ1v) is 12.8. The highest BCUT2D eigenvalue weighted by Gasteiger charge is 2.39. The normalized spacial score (nSPS) is 12.8. The van der Waals surface area contributed by atoms with Gasteiger partial charge in [-0.25, -0.2) is 19.1 Å². The van der Waals surface area contributed by atoms with Crippen molar-refractivity contribution in [1.29, 1.82) is 0 Å². The lowest BCUT2D eigenvalue weighted by atomic mass is 10.1. The molecule has 3 aromatic rings. The maximum absolute atomic E-state index is 14.3. The summed E-state index contributed by atoms with van der Waals surface area (Å²) in [5.74, 6) is -2.47. The zero-order valence-electron chi connectivity index (χ0n) is 20.8. The molecule has 0 saturated carbocycles. The van der Waals surface area contributed by atoms with Gasteiger partial charge in [0.1, 0.15) is 17.1 Å². The van der Waals surface area contributed by atoms with Crippen molar-refractivity contribution in [2.75, 3.05) is 6.61 Å². The summed E-state index contributed by atoms with van der Waals surface area (Å²) in [6.45, 7) is 6.32. The van der Waals surface area contributed by atoms with E-state index in [1.54, 1.807) is 17.7 Å². The molecule has 0 bridgehead atoms. The molecule has 1 atom stereocenters. The van der Waals surface area contributed by atoms with Crippen molar-refractivity contribution >= 4 is 15.9 Å². The molecule has 0 aliphatic rings. The van der Waals surface area contributed by atoms with Gasteiger partial charge < -0.3 is 9.47 Å². The van der Waals surface area contributed by atoms with Gasteiger partial charge in [-0.05, 0) is 56.2 Å². The van der Waals surface area contributed by atoms with Gasteiger partial charge in [0.25, 0.3) is 15.9 Å². The molecule has 1 N–H and O–H groups in total. The molecule has 0 fully saturated rings. The molecule has 0 saturated heterocycles. The quantitative estimate of drug-likeness (QED) is 0.367. The number of benzene rings is 1. The molecule has 2 aromatic heterocycles. The largest absolute Gasteiger partial charge is 0.493 e. The van der Waals surface area contributed by atoms with Gasteiger partial charge in [-0.2, -0.15) is 21.6 Å². The maximum Gasteiger partial charge on any atom is 0.425 e. The van der Waals surface area contributed by atoms with Crippen LogP contribution in [0.15, 0.2) is 53.6 Å². The van der Waals surface area contributed by atoms with Crippen LogP contribution >= 0.6 is 0 Å². The number of amides is 1. The third-order valence-electron chi connectivity index (χ3n) is 4.97. The minimum absolute atomic E-state index is 0.0389. The number of hydrogen-bond donors (Lipinski definition) is 1. The summed E-state index contributed by atoms with van der Waals surface area (Å²) in [7, 11) is -4.47. The highest BCUT2D eigenvalue weighted by atomic mass is 32.2. The number of aryl methyl sites for hydroxylation is 1. The van der Waals surface area contributed by atoms with Crippen LogP contribution in [-0.4, -0.2) is 43.2 Å². The number of halogens is 4. The molecule has 204 valence electrons. The van der Waals surface area contributed by atoms with Gasteiger partial charge in [0.05, 0.1) is 12.3 Å². The first kappa shape index (κ1) is 28.8. The lowest BCUT2D eigenvalue weighted by molar-refractivity contribution is -0.190. The highest BCUT2D eigenvalue weighted by molar-refractivity contribution is 7.90. The Labute approximate surface area is 217 Å². The van der Waals surface area contributed by atoms with E-state index in [1.807, 2.05) is 13.8 Å². The summed E-state index contributed by atoms with van der Waals surface area (Å²) in [6.07, 6.45) is -7.22. The van der Waals surface area contributed by atoms with Gasteiger partial charge in [0, 0.05) is 17.3 Å². The molecule has 13 heteroatoms. The summed E-state index contributed by atoms with van der Waals surface area (Å²) in [5.41, 5.74) is -0.130. The number of nitrogens with zero attached hydrogens (tertiary/aromatic N) is 2. The van der Waals surface area contributed by atoms with Crippen LogP contribution in [0.1, 0.15) is 36.8 Å². The van der Waals surface area contributed by atoms with Crippen molar-refractivity contribution in [1.82, 2.24) is 14.7 Å². The average Bonchev–Trinajstić information content (AvgIpc) is 2.81. The fourth-order valence-electron chi connectivity index (χ4n) is 3.05. The summed E-state index contributed by atoms with van der Waals surface area (Å²) in [4.78, 5) is 20.7. The standard InChI is InChI=1S/C25H25F4N3O5S/c1-14(2)13-36-19-11-17(10-18(26)12-19)21-9-8-20(24(31-21)37-16(4)25(27,28)29)23(33)32-38(34,35)22-7-5-6-15(3)30-22/h5-12,14,16H,13H2,1-4H3,(H,32,33). The summed E-state index contributed by atoms with van der Waals surface area (Å²) < 4.78 is 91.5. The van der Waals surface area contributed by atoms with Gasteiger partial charge in [0.15, 0.2) is 11.1 Å². The van der Waals surface area contributed by atoms with E-state index in [9.17, 15) is 30.8 Å². The topological polar surface area (TPSA) is 107 Å². The van der Waals surface area contributed by atoms with Gasteiger partial charge in [-0.1, -0.05) is 19.9 Å². The van der Waals surface area contributed by atoms with Crippen molar-refractivity contribution in [2.45, 2.75) is 45.0 Å². The van der Waals surface area contributed by atoms with Crippen LogP contribution in [0.25, 0.3) is 11.3 Å². The number of carbonyl (C=O) groups excluding carboxylic acids is 1. The Hall–Kier alpha value is -3.74. The third kappa shape index (κ3) is 7.40. The molecule has 0 aliphatic carbocycles. The minimum atomic E-state index is -4.82. The highest BCUT2D eigenvalue weighted by Crippen LogP contribution is 2.31. The van der Waals surface area contributed by atoms with E-state index >= 15 is 0 Å². The molecule has 1 unspecified atom stereocenters. The minimum Gasteiger partial charge on any atom is -0.493 e. The number of alkyl halides is 3. The van der Waals surface area contributed by atoms with Crippen molar-refractivity contribution in [3.63, 3.8) is 0 Å². The number of ether oxygens (including phenoxy) is 2. The Morgan fingerprint density at radius 1 is 1.05 bits per heavy atom.